The van der Waals surface area contributed by atoms with E-state index in [4.69, 9.17) is 0 Å². The number of rotatable bonds is 7. The molecule has 2 N–H and O–H groups in total. The Balaban J connectivity index is 1.54. The van der Waals surface area contributed by atoms with Crippen molar-refractivity contribution in [1.82, 2.24) is 9.97 Å². The Morgan fingerprint density at radius 3 is 2.71 bits per heavy atom. The number of hydrogen-bond acceptors (Lipinski definition) is 4. The summed E-state index contributed by atoms with van der Waals surface area (Å²) in [7, 11) is 0. The van der Waals surface area contributed by atoms with Gasteiger partial charge in [0.15, 0.2) is 0 Å². The Morgan fingerprint density at radius 1 is 1.08 bits per heavy atom. The third-order valence-electron chi connectivity index (χ3n) is 4.41. The maximum atomic E-state index is 4.54. The van der Waals surface area contributed by atoms with Crippen molar-refractivity contribution in [2.75, 3.05) is 17.2 Å². The second-order valence-electron chi connectivity index (χ2n) is 6.23. The van der Waals surface area contributed by atoms with E-state index in [0.717, 1.165) is 30.9 Å². The molecule has 4 nitrogen and oxygen atoms in total. The molecule has 0 fully saturated rings. The van der Waals surface area contributed by atoms with Gasteiger partial charge in [-0.15, -0.1) is 0 Å². The summed E-state index contributed by atoms with van der Waals surface area (Å²) in [6.07, 6.45) is 11.5. The Morgan fingerprint density at radius 2 is 1.96 bits per heavy atom. The fourth-order valence-electron chi connectivity index (χ4n) is 2.95. The highest BCUT2D eigenvalue weighted by Crippen LogP contribution is 2.20. The van der Waals surface area contributed by atoms with Gasteiger partial charge in [-0.25, -0.2) is 4.98 Å². The van der Waals surface area contributed by atoms with Crippen LogP contribution in [-0.4, -0.2) is 16.5 Å². The quantitative estimate of drug-likeness (QED) is 0.698. The molecule has 1 aromatic carbocycles. The van der Waals surface area contributed by atoms with Crippen LogP contribution in [0.4, 0.5) is 17.5 Å². The lowest BCUT2D eigenvalue weighted by Crippen LogP contribution is -2.07. The highest BCUT2D eigenvalue weighted by Gasteiger charge is 2.04. The van der Waals surface area contributed by atoms with Gasteiger partial charge in [0.25, 0.3) is 0 Å². The molecule has 0 saturated carbocycles. The third kappa shape index (κ3) is 4.82. The SMILES string of the molecule is CCc1ccc(Nc2nccc(NCCC3=CCCCC3)n2)cc1. The normalized spacial score (nSPS) is 14.1. The molecule has 0 amide bonds. The van der Waals surface area contributed by atoms with E-state index in [1.807, 2.05) is 6.07 Å². The number of hydrogen-bond donors (Lipinski definition) is 2. The van der Waals surface area contributed by atoms with E-state index < -0.39 is 0 Å². The molecule has 0 saturated heterocycles. The molecule has 2 aromatic rings. The summed E-state index contributed by atoms with van der Waals surface area (Å²) in [5.41, 5.74) is 3.92. The lowest BCUT2D eigenvalue weighted by atomic mass is 9.97. The van der Waals surface area contributed by atoms with Gasteiger partial charge in [0.1, 0.15) is 5.82 Å². The zero-order valence-corrected chi connectivity index (χ0v) is 14.4. The van der Waals surface area contributed by atoms with Crippen molar-refractivity contribution >= 4 is 17.5 Å². The molecule has 0 aliphatic heterocycles. The number of allylic oxidation sites excluding steroid dienone is 1. The summed E-state index contributed by atoms with van der Waals surface area (Å²) >= 11 is 0. The van der Waals surface area contributed by atoms with E-state index in [2.05, 4.69) is 57.9 Å². The van der Waals surface area contributed by atoms with Crippen molar-refractivity contribution in [2.45, 2.75) is 45.4 Å². The number of nitrogens with one attached hydrogen (secondary N) is 2. The van der Waals surface area contributed by atoms with Crippen LogP contribution in [0.2, 0.25) is 0 Å². The fraction of sp³-hybridized carbons (Fsp3) is 0.400. The van der Waals surface area contributed by atoms with E-state index >= 15 is 0 Å². The van der Waals surface area contributed by atoms with Crippen LogP contribution < -0.4 is 10.6 Å². The van der Waals surface area contributed by atoms with Gasteiger partial charge in [-0.05, 0) is 62.3 Å². The lowest BCUT2D eigenvalue weighted by Gasteiger charge is -2.13. The number of nitrogens with zero attached hydrogens (tertiary/aromatic N) is 2. The number of anilines is 3. The van der Waals surface area contributed by atoms with Gasteiger partial charge in [-0.3, -0.25) is 0 Å². The largest absolute Gasteiger partial charge is 0.370 e. The standard InChI is InChI=1S/C20H26N4/c1-2-16-8-10-18(11-9-16)23-20-22-15-13-19(24-20)21-14-12-17-6-4-3-5-7-17/h6,8-11,13,15H,2-5,7,12,14H2,1H3,(H2,21,22,23,24). The topological polar surface area (TPSA) is 49.8 Å². The van der Waals surface area contributed by atoms with Crippen LogP contribution in [0.5, 0.6) is 0 Å². The first-order valence-electron chi connectivity index (χ1n) is 8.94. The molecule has 3 rings (SSSR count). The summed E-state index contributed by atoms with van der Waals surface area (Å²) in [6, 6.07) is 10.3. The monoisotopic (exact) mass is 322 g/mol. The molecule has 0 unspecified atom stereocenters. The first-order chi connectivity index (χ1) is 11.8. The van der Waals surface area contributed by atoms with Crippen LogP contribution >= 0.6 is 0 Å². The molecule has 24 heavy (non-hydrogen) atoms. The molecule has 126 valence electrons. The van der Waals surface area contributed by atoms with E-state index in [9.17, 15) is 0 Å². The predicted octanol–water partition coefficient (Wildman–Crippen LogP) is 5.09. The second-order valence-corrected chi connectivity index (χ2v) is 6.23. The third-order valence-corrected chi connectivity index (χ3v) is 4.41. The van der Waals surface area contributed by atoms with E-state index in [-0.39, 0.29) is 0 Å². The summed E-state index contributed by atoms with van der Waals surface area (Å²) < 4.78 is 0. The van der Waals surface area contributed by atoms with Gasteiger partial charge >= 0.3 is 0 Å². The van der Waals surface area contributed by atoms with Crippen molar-refractivity contribution in [3.8, 4) is 0 Å². The van der Waals surface area contributed by atoms with E-state index in [1.54, 1.807) is 11.8 Å². The summed E-state index contributed by atoms with van der Waals surface area (Å²) in [6.45, 7) is 3.08. The average molecular weight is 322 g/mol. The molecule has 0 spiro atoms. The van der Waals surface area contributed by atoms with Crippen molar-refractivity contribution in [3.63, 3.8) is 0 Å². The number of benzene rings is 1. The molecule has 1 aromatic heterocycles. The minimum atomic E-state index is 0.626. The van der Waals surface area contributed by atoms with Crippen molar-refractivity contribution in [3.05, 3.63) is 53.7 Å². The first-order valence-corrected chi connectivity index (χ1v) is 8.94. The Hall–Kier alpha value is -2.36. The van der Waals surface area contributed by atoms with Crippen LogP contribution in [0.25, 0.3) is 0 Å². The average Bonchev–Trinajstić information content (AvgIpc) is 2.64. The van der Waals surface area contributed by atoms with Crippen LogP contribution in [0.15, 0.2) is 48.2 Å². The molecular weight excluding hydrogens is 296 g/mol. The van der Waals surface area contributed by atoms with Crippen LogP contribution in [0, 0.1) is 0 Å². The summed E-state index contributed by atoms with van der Waals surface area (Å²) in [5, 5.41) is 6.67. The minimum absolute atomic E-state index is 0.626. The molecule has 0 bridgehead atoms. The van der Waals surface area contributed by atoms with Crippen molar-refractivity contribution in [2.24, 2.45) is 0 Å². The van der Waals surface area contributed by atoms with Gasteiger partial charge < -0.3 is 10.6 Å². The summed E-state index contributed by atoms with van der Waals surface area (Å²) in [5.74, 6) is 1.50. The molecule has 1 aliphatic carbocycles. The molecule has 1 heterocycles. The van der Waals surface area contributed by atoms with E-state index in [1.165, 1.54) is 31.2 Å². The number of aromatic nitrogens is 2. The first kappa shape index (κ1) is 16.5. The molecular formula is C20H26N4. The minimum Gasteiger partial charge on any atom is -0.370 e. The van der Waals surface area contributed by atoms with Crippen molar-refractivity contribution < 1.29 is 0 Å². The second kappa shape index (κ2) is 8.48. The lowest BCUT2D eigenvalue weighted by molar-refractivity contribution is 0.679. The predicted molar refractivity (Wildman–Crippen MR) is 101 cm³/mol. The fourth-order valence-corrected chi connectivity index (χ4v) is 2.95. The molecule has 0 radical (unpaired) electrons. The van der Waals surface area contributed by atoms with E-state index in [0.29, 0.717) is 5.95 Å². The smallest absolute Gasteiger partial charge is 0.229 e. The number of aryl methyl sites for hydroxylation is 1. The maximum absolute atomic E-state index is 4.54. The van der Waals surface area contributed by atoms with Gasteiger partial charge in [0.05, 0.1) is 0 Å². The molecule has 0 atom stereocenters. The Kier molecular flexibility index (Phi) is 5.83. The van der Waals surface area contributed by atoms with Gasteiger partial charge in [-0.2, -0.15) is 4.98 Å². The Labute approximate surface area is 144 Å². The van der Waals surface area contributed by atoms with Crippen LogP contribution in [0.1, 0.15) is 44.6 Å². The highest BCUT2D eigenvalue weighted by molar-refractivity contribution is 5.55. The molecule has 1 aliphatic rings. The summed E-state index contributed by atoms with van der Waals surface area (Å²) in [4.78, 5) is 8.84. The Bertz CT molecular complexity index is 676. The van der Waals surface area contributed by atoms with Gasteiger partial charge in [0, 0.05) is 18.4 Å². The zero-order valence-electron chi connectivity index (χ0n) is 14.4. The highest BCUT2D eigenvalue weighted by atomic mass is 15.1. The van der Waals surface area contributed by atoms with Crippen LogP contribution in [-0.2, 0) is 6.42 Å². The van der Waals surface area contributed by atoms with Crippen molar-refractivity contribution in [1.29, 1.82) is 0 Å². The van der Waals surface area contributed by atoms with Crippen LogP contribution in [0.3, 0.4) is 0 Å². The van der Waals surface area contributed by atoms with Gasteiger partial charge in [0.2, 0.25) is 5.95 Å². The molecule has 4 heteroatoms. The van der Waals surface area contributed by atoms with Gasteiger partial charge in [-0.1, -0.05) is 30.7 Å². The zero-order chi connectivity index (χ0) is 16.6. The maximum Gasteiger partial charge on any atom is 0.229 e.